The number of likely N-dealkylation sites (N-methyl/N-ethyl adjacent to an activating group) is 1. The predicted molar refractivity (Wildman–Crippen MR) is 254 cm³/mol. The van der Waals surface area contributed by atoms with E-state index in [-0.39, 0.29) is 24.5 Å². The highest BCUT2D eigenvalue weighted by Crippen LogP contribution is 2.67. The van der Waals surface area contributed by atoms with Crippen molar-refractivity contribution in [3.63, 3.8) is 0 Å². The standard InChI is InChI=1S/C52H96NO8P/c1-10-11-12-13-14-15-16-17-18-19-20-21-22-23-33-52(49(55)56,61-62(57,58)59-37-36-53(7,8)9)48(39-54)60-43-31-34-50(5)42(38-43)27-28-44-46-30-29-45(41(4)26-24-25-40(2)3)51(46,6)35-32-47(44)50/h27,40-41,43-48,54H,10-26,28-39H2,1-9H3,(H-,55,56,57,58)/p+1/t41-,43?,44?,45-,46?,47?,48?,50+,51-,52?/m1/s1. The van der Waals surface area contributed by atoms with Crippen molar-refractivity contribution in [1.82, 2.24) is 0 Å². The minimum atomic E-state index is -4.84. The van der Waals surface area contributed by atoms with Gasteiger partial charge in [0.2, 0.25) is 5.60 Å². The first-order chi connectivity index (χ1) is 29.3. The Bertz CT molecular complexity index is 1410. The number of fused-ring (bicyclic) bond motifs is 5. The highest BCUT2D eigenvalue weighted by Gasteiger charge is 2.60. The van der Waals surface area contributed by atoms with Gasteiger partial charge < -0.3 is 24.3 Å². The Morgan fingerprint density at radius 3 is 2.03 bits per heavy atom. The number of aliphatic hydroxyl groups is 1. The highest BCUT2D eigenvalue weighted by atomic mass is 31.2. The van der Waals surface area contributed by atoms with Crippen molar-refractivity contribution in [3.8, 4) is 0 Å². The van der Waals surface area contributed by atoms with E-state index >= 15 is 0 Å². The highest BCUT2D eigenvalue weighted by molar-refractivity contribution is 7.47. The lowest BCUT2D eigenvalue weighted by Gasteiger charge is -2.58. The van der Waals surface area contributed by atoms with Crippen molar-refractivity contribution in [1.29, 1.82) is 0 Å². The average Bonchev–Trinajstić information content (AvgIpc) is 3.56. The first-order valence-electron chi connectivity index (χ1n) is 26.0. The first kappa shape index (κ1) is 53.8. The van der Waals surface area contributed by atoms with Crippen LogP contribution in [-0.2, 0) is 23.1 Å². The van der Waals surface area contributed by atoms with Gasteiger partial charge in [-0.15, -0.1) is 0 Å². The van der Waals surface area contributed by atoms with E-state index in [4.69, 9.17) is 13.8 Å². The molecule has 0 aliphatic heterocycles. The molecule has 11 atom stereocenters. The van der Waals surface area contributed by atoms with Crippen molar-refractivity contribution < 1.29 is 42.7 Å². The third-order valence-corrected chi connectivity index (χ3v) is 17.9. The summed E-state index contributed by atoms with van der Waals surface area (Å²) >= 11 is 0. The number of rotatable bonds is 31. The number of carboxylic acid groups (broad SMARTS) is 1. The van der Waals surface area contributed by atoms with Crippen LogP contribution in [-0.4, -0.2) is 84.3 Å². The van der Waals surface area contributed by atoms with Crippen LogP contribution in [0.5, 0.6) is 0 Å². The van der Waals surface area contributed by atoms with Crippen LogP contribution in [0.3, 0.4) is 0 Å². The summed E-state index contributed by atoms with van der Waals surface area (Å²) in [6.45, 7) is 14.3. The molecule has 3 N–H and O–H groups in total. The number of phosphoric ester groups is 1. The Hall–Kier alpha value is -0.800. The molecule has 0 heterocycles. The van der Waals surface area contributed by atoms with E-state index < -0.39 is 32.1 Å². The van der Waals surface area contributed by atoms with Gasteiger partial charge >= 0.3 is 13.8 Å². The van der Waals surface area contributed by atoms with Gasteiger partial charge in [0.05, 0.1) is 33.9 Å². The van der Waals surface area contributed by atoms with Crippen LogP contribution in [0.4, 0.5) is 0 Å². The number of unbranched alkanes of at least 4 members (excludes halogenated alkanes) is 13. The number of carbonyl (C=O) groups is 1. The van der Waals surface area contributed by atoms with Crippen molar-refractivity contribution in [3.05, 3.63) is 11.6 Å². The van der Waals surface area contributed by atoms with E-state index in [2.05, 4.69) is 47.6 Å². The third-order valence-electron chi connectivity index (χ3n) is 16.9. The number of phosphoric acid groups is 1. The van der Waals surface area contributed by atoms with Crippen LogP contribution in [0.1, 0.15) is 208 Å². The zero-order chi connectivity index (χ0) is 45.6. The van der Waals surface area contributed by atoms with Gasteiger partial charge in [-0.05, 0) is 111 Å². The van der Waals surface area contributed by atoms with Crippen molar-refractivity contribution in [2.45, 2.75) is 226 Å². The summed E-state index contributed by atoms with van der Waals surface area (Å²) in [4.78, 5) is 24.5. The Balaban J connectivity index is 1.40. The molecule has 7 unspecified atom stereocenters. The molecule has 3 saturated carbocycles. The fourth-order valence-electron chi connectivity index (χ4n) is 13.1. The molecule has 0 spiro atoms. The van der Waals surface area contributed by atoms with Crippen molar-refractivity contribution >= 4 is 13.8 Å². The number of nitrogens with zero attached hydrogens (tertiary/aromatic N) is 1. The van der Waals surface area contributed by atoms with E-state index in [1.165, 1.54) is 108 Å². The van der Waals surface area contributed by atoms with Gasteiger partial charge in [-0.25, -0.2) is 9.36 Å². The van der Waals surface area contributed by atoms with E-state index in [9.17, 15) is 24.5 Å². The van der Waals surface area contributed by atoms with Gasteiger partial charge in [0, 0.05) is 0 Å². The summed E-state index contributed by atoms with van der Waals surface area (Å²) in [5, 5.41) is 21.8. The molecule has 9 nitrogen and oxygen atoms in total. The lowest BCUT2D eigenvalue weighted by Crippen LogP contribution is -2.56. The first-order valence-corrected chi connectivity index (χ1v) is 27.5. The van der Waals surface area contributed by atoms with Gasteiger partial charge in [-0.1, -0.05) is 156 Å². The largest absolute Gasteiger partial charge is 0.479 e. The number of quaternary nitrogens is 1. The second-order valence-electron chi connectivity index (χ2n) is 22.9. The van der Waals surface area contributed by atoms with E-state index in [0.29, 0.717) is 41.1 Å². The van der Waals surface area contributed by atoms with E-state index in [0.717, 1.165) is 68.6 Å². The molecule has 0 saturated heterocycles. The number of allylic oxidation sites excluding steroid dienone is 1. The lowest BCUT2D eigenvalue weighted by molar-refractivity contribution is -0.870. The maximum absolute atomic E-state index is 13.6. The summed E-state index contributed by atoms with van der Waals surface area (Å²) in [5.74, 6) is 3.08. The number of carboxylic acids is 1. The normalized spacial score (nSPS) is 30.5. The summed E-state index contributed by atoms with van der Waals surface area (Å²) in [6, 6.07) is 0. The SMILES string of the molecule is CCCCCCCCCCCCCCCCC(OP(=O)(O)OCC[N+](C)(C)C)(C(=O)O)C(CO)OC1CC[C@@]2(C)C(=CCC3C2CC[C@@]2(C)C3CC[C@@H]2[C@H](C)CCCC(C)C)C1. The molecular formula is C52H97NO8P+. The maximum atomic E-state index is 13.6. The Labute approximate surface area is 380 Å². The molecule has 4 rings (SSSR count). The number of aliphatic carboxylic acids is 1. The Morgan fingerprint density at radius 2 is 1.47 bits per heavy atom. The molecule has 0 aromatic heterocycles. The molecule has 0 amide bonds. The third kappa shape index (κ3) is 14.9. The maximum Gasteiger partial charge on any atom is 0.473 e. The minimum absolute atomic E-state index is 0.0524. The number of hydrogen-bond donors (Lipinski definition) is 3. The van der Waals surface area contributed by atoms with E-state index in [1.54, 1.807) is 0 Å². The number of ether oxygens (including phenoxy) is 1. The van der Waals surface area contributed by atoms with Crippen LogP contribution < -0.4 is 0 Å². The number of hydrogen-bond acceptors (Lipinski definition) is 6. The van der Waals surface area contributed by atoms with E-state index in [1.807, 2.05) is 21.1 Å². The molecule has 362 valence electrons. The molecule has 0 bridgehead atoms. The number of aliphatic hydroxyl groups excluding tert-OH is 1. The predicted octanol–water partition coefficient (Wildman–Crippen LogP) is 13.3. The summed E-state index contributed by atoms with van der Waals surface area (Å²) in [7, 11) is 0.999. The molecule has 4 aliphatic rings. The van der Waals surface area contributed by atoms with Crippen LogP contribution in [0.25, 0.3) is 0 Å². The fraction of sp³-hybridized carbons (Fsp3) is 0.942. The van der Waals surface area contributed by atoms with Crippen molar-refractivity contribution in [2.75, 3.05) is 40.9 Å². The van der Waals surface area contributed by atoms with Gasteiger partial charge in [0.25, 0.3) is 0 Å². The fourth-order valence-corrected chi connectivity index (χ4v) is 14.2. The minimum Gasteiger partial charge on any atom is -0.479 e. The van der Waals surface area contributed by atoms with Crippen LogP contribution in [0, 0.1) is 46.3 Å². The van der Waals surface area contributed by atoms with Gasteiger partial charge in [-0.2, -0.15) is 0 Å². The van der Waals surface area contributed by atoms with Gasteiger partial charge in [-0.3, -0.25) is 9.05 Å². The van der Waals surface area contributed by atoms with Crippen LogP contribution in [0.15, 0.2) is 11.6 Å². The molecule has 4 aliphatic carbocycles. The molecule has 0 aromatic rings. The summed E-state index contributed by atoms with van der Waals surface area (Å²) in [5.41, 5.74) is -0.325. The molecule has 10 heteroatoms. The summed E-state index contributed by atoms with van der Waals surface area (Å²) < 4.78 is 31.9. The van der Waals surface area contributed by atoms with Crippen LogP contribution >= 0.6 is 7.82 Å². The molecule has 3 fully saturated rings. The van der Waals surface area contributed by atoms with Gasteiger partial charge in [0.1, 0.15) is 19.3 Å². The second kappa shape index (κ2) is 24.8. The Morgan fingerprint density at radius 1 is 0.855 bits per heavy atom. The molecular weight excluding hydrogens is 798 g/mol. The Kier molecular flexibility index (Phi) is 21.5. The molecule has 62 heavy (non-hydrogen) atoms. The zero-order valence-electron chi connectivity index (χ0n) is 41.5. The topological polar surface area (TPSA) is 123 Å². The molecule has 0 aromatic carbocycles. The summed E-state index contributed by atoms with van der Waals surface area (Å²) in [6.07, 6.45) is 29.8. The quantitative estimate of drug-likeness (QED) is 0.0272. The monoisotopic (exact) mass is 895 g/mol. The van der Waals surface area contributed by atoms with Crippen LogP contribution in [0.2, 0.25) is 0 Å². The zero-order valence-corrected chi connectivity index (χ0v) is 42.4. The average molecular weight is 895 g/mol. The molecule has 0 radical (unpaired) electrons. The van der Waals surface area contributed by atoms with Gasteiger partial charge in [0.15, 0.2) is 0 Å². The smallest absolute Gasteiger partial charge is 0.473 e. The second-order valence-corrected chi connectivity index (χ2v) is 24.3. The van der Waals surface area contributed by atoms with Crippen molar-refractivity contribution in [2.24, 2.45) is 46.3 Å². The lowest BCUT2D eigenvalue weighted by atomic mass is 9.47.